The molecule has 0 unspecified atom stereocenters. The fourth-order valence-electron chi connectivity index (χ4n) is 4.20. The third-order valence-electron chi connectivity index (χ3n) is 4.42. The molecule has 4 bridgehead atoms. The maximum atomic E-state index is 5.60. The fraction of sp³-hybridized carbons (Fsp3) is 0.833. The van der Waals surface area contributed by atoms with Gasteiger partial charge < -0.3 is 0 Å². The maximum Gasteiger partial charge on any atom is 0.0257 e. The second kappa shape index (κ2) is 2.28. The van der Waals surface area contributed by atoms with Gasteiger partial charge in [-0.15, -0.1) is 12.3 Å². The van der Waals surface area contributed by atoms with Gasteiger partial charge in [0, 0.05) is 5.92 Å². The Morgan fingerprint density at radius 1 is 0.833 bits per heavy atom. The Balaban J connectivity index is 1.91. The molecule has 0 aromatic heterocycles. The largest absolute Gasteiger partial charge is 0.120 e. The third-order valence-corrected chi connectivity index (χ3v) is 4.42. The molecule has 0 heteroatoms. The quantitative estimate of drug-likeness (QED) is 0.478. The molecule has 0 heterocycles. The minimum absolute atomic E-state index is 0.665. The van der Waals surface area contributed by atoms with Crippen LogP contribution in [0.4, 0.5) is 0 Å². The molecule has 12 heavy (non-hydrogen) atoms. The summed E-state index contributed by atoms with van der Waals surface area (Å²) in [6.45, 7) is 0. The molecule has 4 aliphatic carbocycles. The molecular formula is C12H16. The van der Waals surface area contributed by atoms with Gasteiger partial charge in [-0.3, -0.25) is 0 Å². The molecule has 0 atom stereocenters. The molecule has 0 aliphatic heterocycles. The molecule has 0 radical (unpaired) electrons. The highest BCUT2D eigenvalue weighted by molar-refractivity contribution is 5.08. The zero-order valence-corrected chi connectivity index (χ0v) is 7.50. The van der Waals surface area contributed by atoms with Gasteiger partial charge in [0.25, 0.3) is 0 Å². The normalized spacial score (nSPS) is 55.4. The summed E-state index contributed by atoms with van der Waals surface area (Å²) in [4.78, 5) is 0. The monoisotopic (exact) mass is 160 g/mol. The van der Waals surface area contributed by atoms with Crippen molar-refractivity contribution in [2.45, 2.75) is 32.1 Å². The number of rotatable bonds is 0. The van der Waals surface area contributed by atoms with Crippen LogP contribution in [0.5, 0.6) is 0 Å². The van der Waals surface area contributed by atoms with E-state index in [1.54, 1.807) is 0 Å². The van der Waals surface area contributed by atoms with E-state index in [0.717, 1.165) is 23.7 Å². The minimum Gasteiger partial charge on any atom is -0.120 e. The van der Waals surface area contributed by atoms with Crippen LogP contribution >= 0.6 is 0 Å². The van der Waals surface area contributed by atoms with Crippen molar-refractivity contribution in [1.82, 2.24) is 0 Å². The lowest BCUT2D eigenvalue weighted by Gasteiger charge is -2.52. The summed E-state index contributed by atoms with van der Waals surface area (Å²) in [5.74, 6) is 7.69. The molecule has 4 rings (SSSR count). The predicted molar refractivity (Wildman–Crippen MR) is 49.4 cm³/mol. The summed E-state index contributed by atoms with van der Waals surface area (Å²) in [6.07, 6.45) is 13.0. The number of hydrogen-bond acceptors (Lipinski definition) is 0. The van der Waals surface area contributed by atoms with Gasteiger partial charge in [0.2, 0.25) is 0 Å². The first kappa shape index (κ1) is 7.01. The van der Waals surface area contributed by atoms with Crippen LogP contribution in [0.15, 0.2) is 0 Å². The van der Waals surface area contributed by atoms with Crippen molar-refractivity contribution in [2.24, 2.45) is 29.6 Å². The van der Waals surface area contributed by atoms with Crippen LogP contribution in [0.3, 0.4) is 0 Å². The van der Waals surface area contributed by atoms with Gasteiger partial charge in [-0.1, -0.05) is 0 Å². The molecule has 0 spiro atoms. The highest BCUT2D eigenvalue weighted by atomic mass is 14.5. The van der Waals surface area contributed by atoms with E-state index in [4.69, 9.17) is 6.42 Å². The van der Waals surface area contributed by atoms with E-state index in [1.807, 2.05) is 0 Å². The topological polar surface area (TPSA) is 0 Å². The Bertz CT molecular complexity index is 205. The van der Waals surface area contributed by atoms with E-state index in [2.05, 4.69) is 5.92 Å². The standard InChI is InChI=1S/C12H16/c1-2-12-10-4-8-3-9(6-10)7-11(12)5-8/h1,8-12H,3-7H2. The van der Waals surface area contributed by atoms with E-state index in [-0.39, 0.29) is 0 Å². The molecule has 0 aromatic rings. The average molecular weight is 160 g/mol. The van der Waals surface area contributed by atoms with Crippen molar-refractivity contribution in [1.29, 1.82) is 0 Å². The first-order chi connectivity index (χ1) is 5.86. The Morgan fingerprint density at radius 3 is 1.75 bits per heavy atom. The lowest BCUT2D eigenvalue weighted by atomic mass is 9.52. The van der Waals surface area contributed by atoms with Crippen LogP contribution in [0, 0.1) is 41.9 Å². The molecule has 0 nitrogen and oxygen atoms in total. The lowest BCUT2D eigenvalue weighted by Crippen LogP contribution is -2.44. The smallest absolute Gasteiger partial charge is 0.0257 e. The molecule has 64 valence electrons. The van der Waals surface area contributed by atoms with Crippen LogP contribution < -0.4 is 0 Å². The second-order valence-corrected chi connectivity index (χ2v) is 5.12. The number of terminal acetylenes is 1. The van der Waals surface area contributed by atoms with E-state index in [1.165, 1.54) is 32.1 Å². The summed E-state index contributed by atoms with van der Waals surface area (Å²) in [7, 11) is 0. The second-order valence-electron chi connectivity index (χ2n) is 5.12. The van der Waals surface area contributed by atoms with E-state index in [9.17, 15) is 0 Å². The van der Waals surface area contributed by atoms with Crippen molar-refractivity contribution >= 4 is 0 Å². The first-order valence-electron chi connectivity index (χ1n) is 5.33. The summed E-state index contributed by atoms with van der Waals surface area (Å²) >= 11 is 0. The van der Waals surface area contributed by atoms with Crippen LogP contribution in [0.1, 0.15) is 32.1 Å². The predicted octanol–water partition coefficient (Wildman–Crippen LogP) is 2.69. The highest BCUT2D eigenvalue weighted by Gasteiger charge is 2.47. The average Bonchev–Trinajstić information content (AvgIpc) is 2.02. The Morgan fingerprint density at radius 2 is 1.33 bits per heavy atom. The highest BCUT2D eigenvalue weighted by Crippen LogP contribution is 2.56. The van der Waals surface area contributed by atoms with Gasteiger partial charge >= 0.3 is 0 Å². The van der Waals surface area contributed by atoms with Gasteiger partial charge in [0.05, 0.1) is 0 Å². The summed E-state index contributed by atoms with van der Waals surface area (Å²) < 4.78 is 0. The first-order valence-corrected chi connectivity index (χ1v) is 5.33. The zero-order valence-electron chi connectivity index (χ0n) is 7.50. The van der Waals surface area contributed by atoms with E-state index >= 15 is 0 Å². The van der Waals surface area contributed by atoms with Crippen molar-refractivity contribution in [3.8, 4) is 12.3 Å². The van der Waals surface area contributed by atoms with Crippen LogP contribution in [0.2, 0.25) is 0 Å². The van der Waals surface area contributed by atoms with E-state index in [0.29, 0.717) is 5.92 Å². The van der Waals surface area contributed by atoms with Crippen LogP contribution in [0.25, 0.3) is 0 Å². The molecule has 4 saturated carbocycles. The van der Waals surface area contributed by atoms with Gasteiger partial charge in [-0.2, -0.15) is 0 Å². The van der Waals surface area contributed by atoms with Crippen molar-refractivity contribution in [3.05, 3.63) is 0 Å². The Kier molecular flexibility index (Phi) is 1.33. The van der Waals surface area contributed by atoms with Gasteiger partial charge in [-0.25, -0.2) is 0 Å². The van der Waals surface area contributed by atoms with Crippen molar-refractivity contribution < 1.29 is 0 Å². The summed E-state index contributed by atoms with van der Waals surface area (Å²) in [5, 5.41) is 0. The van der Waals surface area contributed by atoms with Crippen molar-refractivity contribution in [2.75, 3.05) is 0 Å². The molecule has 4 aliphatic rings. The van der Waals surface area contributed by atoms with Gasteiger partial charge in [-0.05, 0) is 55.8 Å². The summed E-state index contributed by atoms with van der Waals surface area (Å²) in [5.41, 5.74) is 0. The zero-order chi connectivity index (χ0) is 8.13. The fourth-order valence-corrected chi connectivity index (χ4v) is 4.20. The minimum atomic E-state index is 0.665. The lowest BCUT2D eigenvalue weighted by molar-refractivity contribution is -0.0122. The van der Waals surface area contributed by atoms with Crippen molar-refractivity contribution in [3.63, 3.8) is 0 Å². The summed E-state index contributed by atoms with van der Waals surface area (Å²) in [6, 6.07) is 0. The molecule has 0 aromatic carbocycles. The SMILES string of the molecule is C#CC1C2CC3CC(C2)CC1C3. The molecule has 0 N–H and O–H groups in total. The third kappa shape index (κ3) is 0.802. The number of hydrogen-bond donors (Lipinski definition) is 0. The molecule has 0 saturated heterocycles. The molecular weight excluding hydrogens is 144 g/mol. The van der Waals surface area contributed by atoms with Gasteiger partial charge in [0.1, 0.15) is 0 Å². The van der Waals surface area contributed by atoms with E-state index < -0.39 is 0 Å². The maximum absolute atomic E-state index is 5.60. The Labute approximate surface area is 74.7 Å². The van der Waals surface area contributed by atoms with Crippen LogP contribution in [-0.2, 0) is 0 Å². The van der Waals surface area contributed by atoms with Crippen LogP contribution in [-0.4, -0.2) is 0 Å². The Hall–Kier alpha value is -0.440. The van der Waals surface area contributed by atoms with Gasteiger partial charge in [0.15, 0.2) is 0 Å². The molecule has 4 fully saturated rings. The molecule has 0 amide bonds.